The van der Waals surface area contributed by atoms with Crippen LogP contribution in [0.15, 0.2) is 24.3 Å². The minimum Gasteiger partial charge on any atom is -0.370 e. The predicted molar refractivity (Wildman–Crippen MR) is 95.5 cm³/mol. The number of fused-ring (bicyclic) bond motifs is 1. The van der Waals surface area contributed by atoms with Gasteiger partial charge in [0.15, 0.2) is 0 Å². The molecule has 1 unspecified atom stereocenters. The maximum absolute atomic E-state index is 6.09. The van der Waals surface area contributed by atoms with Gasteiger partial charge in [0.2, 0.25) is 0 Å². The maximum atomic E-state index is 6.09. The molecule has 2 aromatic rings. The van der Waals surface area contributed by atoms with Gasteiger partial charge in [-0.25, -0.2) is 9.97 Å². The van der Waals surface area contributed by atoms with Crippen molar-refractivity contribution in [3.05, 3.63) is 52.5 Å². The van der Waals surface area contributed by atoms with Crippen molar-refractivity contribution in [2.24, 2.45) is 0 Å². The van der Waals surface area contributed by atoms with Gasteiger partial charge in [0, 0.05) is 24.3 Å². The van der Waals surface area contributed by atoms with Gasteiger partial charge in [-0.1, -0.05) is 24.3 Å². The molecule has 4 rings (SSSR count). The quantitative estimate of drug-likeness (QED) is 0.847. The van der Waals surface area contributed by atoms with Crippen molar-refractivity contribution in [2.75, 3.05) is 24.6 Å². The van der Waals surface area contributed by atoms with Crippen LogP contribution in [0, 0.1) is 13.8 Å². The van der Waals surface area contributed by atoms with E-state index in [9.17, 15) is 0 Å². The Morgan fingerprint density at radius 1 is 1.08 bits per heavy atom. The Morgan fingerprint density at radius 3 is 2.79 bits per heavy atom. The fourth-order valence-corrected chi connectivity index (χ4v) is 3.93. The van der Waals surface area contributed by atoms with Crippen LogP contribution >= 0.6 is 0 Å². The third-order valence-electron chi connectivity index (χ3n) is 5.17. The Balaban J connectivity index is 1.65. The lowest BCUT2D eigenvalue weighted by molar-refractivity contribution is 0.0390. The van der Waals surface area contributed by atoms with Gasteiger partial charge in [0.25, 0.3) is 0 Å². The van der Waals surface area contributed by atoms with Crippen molar-refractivity contribution < 1.29 is 4.74 Å². The highest BCUT2D eigenvalue weighted by Crippen LogP contribution is 2.32. The van der Waals surface area contributed by atoms with E-state index >= 15 is 0 Å². The minimum absolute atomic E-state index is 0.120. The molecule has 4 nitrogen and oxygen atoms in total. The number of nitrogens with zero attached hydrogens (tertiary/aromatic N) is 3. The first-order valence-electron chi connectivity index (χ1n) is 9.01. The van der Waals surface area contributed by atoms with Gasteiger partial charge in [0.1, 0.15) is 17.7 Å². The van der Waals surface area contributed by atoms with Crippen LogP contribution in [0.3, 0.4) is 0 Å². The molecule has 1 fully saturated rings. The van der Waals surface area contributed by atoms with E-state index in [4.69, 9.17) is 14.7 Å². The first-order chi connectivity index (χ1) is 11.7. The molecule has 0 saturated carbocycles. The Labute approximate surface area is 143 Å². The van der Waals surface area contributed by atoms with Crippen LogP contribution in [0.2, 0.25) is 0 Å². The molecule has 1 aromatic heterocycles. The highest BCUT2D eigenvalue weighted by Gasteiger charge is 2.27. The first-order valence-corrected chi connectivity index (χ1v) is 9.01. The molecule has 2 heterocycles. The van der Waals surface area contributed by atoms with E-state index < -0.39 is 0 Å². The molecule has 1 aromatic carbocycles. The Kier molecular flexibility index (Phi) is 4.23. The van der Waals surface area contributed by atoms with Crippen molar-refractivity contribution >= 4 is 5.82 Å². The second-order valence-electron chi connectivity index (χ2n) is 6.89. The first kappa shape index (κ1) is 15.6. The lowest BCUT2D eigenvalue weighted by Gasteiger charge is -2.36. The molecule has 126 valence electrons. The van der Waals surface area contributed by atoms with Crippen LogP contribution in [0.5, 0.6) is 0 Å². The molecule has 0 radical (unpaired) electrons. The number of aromatic nitrogens is 2. The summed E-state index contributed by atoms with van der Waals surface area (Å²) in [7, 11) is 0. The van der Waals surface area contributed by atoms with E-state index in [-0.39, 0.29) is 6.10 Å². The minimum atomic E-state index is 0.120. The number of ether oxygens (including phenoxy) is 1. The zero-order valence-corrected chi connectivity index (χ0v) is 14.6. The fourth-order valence-electron chi connectivity index (χ4n) is 3.93. The number of benzene rings is 1. The monoisotopic (exact) mass is 323 g/mol. The van der Waals surface area contributed by atoms with Gasteiger partial charge >= 0.3 is 0 Å². The van der Waals surface area contributed by atoms with Crippen molar-refractivity contribution in [2.45, 2.75) is 45.6 Å². The second kappa shape index (κ2) is 6.52. The fraction of sp³-hybridized carbons (Fsp3) is 0.500. The highest BCUT2D eigenvalue weighted by atomic mass is 16.5. The number of aryl methyl sites for hydroxylation is 3. The number of hydrogen-bond donors (Lipinski definition) is 0. The van der Waals surface area contributed by atoms with Gasteiger partial charge in [-0.05, 0) is 50.7 Å². The van der Waals surface area contributed by atoms with Gasteiger partial charge in [-0.3, -0.25) is 0 Å². The second-order valence-corrected chi connectivity index (χ2v) is 6.89. The Bertz CT molecular complexity index is 744. The van der Waals surface area contributed by atoms with Gasteiger partial charge in [-0.2, -0.15) is 0 Å². The Hall–Kier alpha value is -1.94. The number of hydrogen-bond acceptors (Lipinski definition) is 4. The summed E-state index contributed by atoms with van der Waals surface area (Å²) in [5.74, 6) is 2.05. The molecule has 0 spiro atoms. The van der Waals surface area contributed by atoms with Crippen molar-refractivity contribution in [1.29, 1.82) is 0 Å². The molecule has 2 aliphatic rings. The number of morpholine rings is 1. The normalized spacial score (nSPS) is 20.8. The Morgan fingerprint density at radius 2 is 1.92 bits per heavy atom. The van der Waals surface area contributed by atoms with Crippen LogP contribution in [-0.4, -0.2) is 29.7 Å². The summed E-state index contributed by atoms with van der Waals surface area (Å²) in [6, 6.07) is 8.53. The smallest absolute Gasteiger partial charge is 0.135 e. The number of anilines is 1. The highest BCUT2D eigenvalue weighted by molar-refractivity contribution is 5.51. The topological polar surface area (TPSA) is 38.2 Å². The third kappa shape index (κ3) is 2.91. The largest absolute Gasteiger partial charge is 0.370 e. The SMILES string of the molecule is Cc1nc2c(c(N3CCOC(c4ccccc4C)C3)n1)CCCC2. The molecule has 0 amide bonds. The molecule has 24 heavy (non-hydrogen) atoms. The van der Waals surface area contributed by atoms with Crippen molar-refractivity contribution in [3.63, 3.8) is 0 Å². The standard InChI is InChI=1S/C20H25N3O/c1-14-7-3-4-8-16(14)19-13-23(11-12-24-19)20-17-9-5-6-10-18(17)21-15(2)22-20/h3-4,7-8,19H,5-6,9-13H2,1-2H3. The van der Waals surface area contributed by atoms with E-state index in [2.05, 4.69) is 36.1 Å². The van der Waals surface area contributed by atoms with E-state index in [1.165, 1.54) is 35.2 Å². The number of rotatable bonds is 2. The summed E-state index contributed by atoms with van der Waals surface area (Å²) < 4.78 is 6.09. The maximum Gasteiger partial charge on any atom is 0.135 e. The van der Waals surface area contributed by atoms with E-state index in [1.807, 2.05) is 6.92 Å². The summed E-state index contributed by atoms with van der Waals surface area (Å²) in [4.78, 5) is 11.9. The predicted octanol–water partition coefficient (Wildman–Crippen LogP) is 3.55. The molecule has 0 N–H and O–H groups in total. The zero-order valence-electron chi connectivity index (χ0n) is 14.6. The van der Waals surface area contributed by atoms with Crippen LogP contribution in [-0.2, 0) is 17.6 Å². The van der Waals surface area contributed by atoms with Gasteiger partial charge < -0.3 is 9.64 Å². The van der Waals surface area contributed by atoms with Crippen LogP contribution in [0.25, 0.3) is 0 Å². The van der Waals surface area contributed by atoms with Crippen LogP contribution in [0.1, 0.15) is 47.2 Å². The zero-order chi connectivity index (χ0) is 16.5. The van der Waals surface area contributed by atoms with Crippen molar-refractivity contribution in [3.8, 4) is 0 Å². The lowest BCUT2D eigenvalue weighted by atomic mass is 9.95. The van der Waals surface area contributed by atoms with E-state index in [0.29, 0.717) is 0 Å². The summed E-state index contributed by atoms with van der Waals surface area (Å²) in [6.45, 7) is 6.70. The van der Waals surface area contributed by atoms with E-state index in [0.717, 1.165) is 44.2 Å². The van der Waals surface area contributed by atoms with E-state index in [1.54, 1.807) is 0 Å². The van der Waals surface area contributed by atoms with Gasteiger partial charge in [-0.15, -0.1) is 0 Å². The molecule has 0 bridgehead atoms. The lowest BCUT2D eigenvalue weighted by Crippen LogP contribution is -2.40. The molecule has 1 saturated heterocycles. The average Bonchev–Trinajstić information content (AvgIpc) is 2.61. The van der Waals surface area contributed by atoms with Gasteiger partial charge in [0.05, 0.1) is 6.61 Å². The summed E-state index contributed by atoms with van der Waals surface area (Å²) >= 11 is 0. The van der Waals surface area contributed by atoms with Crippen molar-refractivity contribution in [1.82, 2.24) is 9.97 Å². The summed E-state index contributed by atoms with van der Waals surface area (Å²) in [6.07, 6.45) is 4.82. The molecule has 1 aliphatic heterocycles. The summed E-state index contributed by atoms with van der Waals surface area (Å²) in [5, 5.41) is 0. The molecular weight excluding hydrogens is 298 g/mol. The molecule has 1 aliphatic carbocycles. The molecule has 4 heteroatoms. The summed E-state index contributed by atoms with van der Waals surface area (Å²) in [5.41, 5.74) is 5.23. The van der Waals surface area contributed by atoms with Crippen LogP contribution < -0.4 is 4.90 Å². The average molecular weight is 323 g/mol. The third-order valence-corrected chi connectivity index (χ3v) is 5.17. The van der Waals surface area contributed by atoms with Crippen LogP contribution in [0.4, 0.5) is 5.82 Å². The molecular formula is C20H25N3O. The molecule has 1 atom stereocenters.